The van der Waals surface area contributed by atoms with Crippen molar-refractivity contribution >= 4 is 23.3 Å². The van der Waals surface area contributed by atoms with Gasteiger partial charge >= 0.3 is 0 Å². The number of aliphatic imine (C=N–C) groups is 1. The van der Waals surface area contributed by atoms with Crippen molar-refractivity contribution in [1.29, 1.82) is 0 Å². The van der Waals surface area contributed by atoms with E-state index in [-0.39, 0.29) is 0 Å². The minimum atomic E-state index is -0.425. The second-order valence-corrected chi connectivity index (χ2v) is 2.68. The normalized spacial score (nSPS) is 9.08. The monoisotopic (exact) mass is 193 g/mol. The Bertz CT molecular complexity index is 396. The third-order valence-corrected chi connectivity index (χ3v) is 1.57. The maximum absolute atomic E-state index is 11.3. The van der Waals surface area contributed by atoms with Gasteiger partial charge in [-0.25, -0.2) is 0 Å². The number of thiocarbonyl (C=S) groups is 1. The van der Waals surface area contributed by atoms with E-state index in [4.69, 9.17) is 0 Å². The summed E-state index contributed by atoms with van der Waals surface area (Å²) >= 11 is 4.33. The molecule has 1 aromatic heterocycles. The molecule has 0 saturated carbocycles. The number of hydrogen-bond donors (Lipinski definition) is 0. The number of aryl methyl sites for hydroxylation is 2. The van der Waals surface area contributed by atoms with Gasteiger partial charge < -0.3 is 0 Å². The molecule has 4 nitrogen and oxygen atoms in total. The maximum Gasteiger partial charge on any atom is 0.287 e. The summed E-state index contributed by atoms with van der Waals surface area (Å²) in [5.41, 5.74) is 1.64. The largest absolute Gasteiger partial charge is 0.287 e. The SMILES string of the molecule is Cc1cc(C(=O)N=C=S)c(C)nn1. The van der Waals surface area contributed by atoms with Crippen molar-refractivity contribution in [3.8, 4) is 0 Å². The van der Waals surface area contributed by atoms with Gasteiger partial charge in [0.25, 0.3) is 5.91 Å². The number of hydrogen-bond acceptors (Lipinski definition) is 4. The molecule has 0 radical (unpaired) electrons. The minimum Gasteiger partial charge on any atom is -0.266 e. The first-order valence-corrected chi connectivity index (χ1v) is 3.99. The molecule has 0 saturated heterocycles. The van der Waals surface area contributed by atoms with Crippen molar-refractivity contribution in [2.45, 2.75) is 13.8 Å². The fraction of sp³-hybridized carbons (Fsp3) is 0.250. The van der Waals surface area contributed by atoms with Gasteiger partial charge in [0, 0.05) is 0 Å². The Morgan fingerprint density at radius 2 is 2.23 bits per heavy atom. The molecule has 1 aromatic rings. The van der Waals surface area contributed by atoms with Gasteiger partial charge in [-0.05, 0) is 32.1 Å². The van der Waals surface area contributed by atoms with Gasteiger partial charge in [0.2, 0.25) is 0 Å². The molecule has 0 aliphatic rings. The average Bonchev–Trinajstić information content (AvgIpc) is 2.09. The van der Waals surface area contributed by atoms with Crippen molar-refractivity contribution in [3.05, 3.63) is 23.0 Å². The first-order valence-electron chi connectivity index (χ1n) is 3.58. The van der Waals surface area contributed by atoms with Gasteiger partial charge in [-0.3, -0.25) is 4.79 Å². The van der Waals surface area contributed by atoms with Crippen molar-refractivity contribution in [2.75, 3.05) is 0 Å². The summed E-state index contributed by atoms with van der Waals surface area (Å²) in [5.74, 6) is -0.425. The smallest absolute Gasteiger partial charge is 0.266 e. The lowest BCUT2D eigenvalue weighted by Gasteiger charge is -1.98. The van der Waals surface area contributed by atoms with Crippen LogP contribution < -0.4 is 0 Å². The standard InChI is InChI=1S/C8H7N3OS/c1-5-3-7(6(2)11-10-5)8(12)9-4-13/h3H,1-2H3. The molecule has 0 unspecified atom stereocenters. The van der Waals surface area contributed by atoms with Crippen LogP contribution in [0.2, 0.25) is 0 Å². The van der Waals surface area contributed by atoms with E-state index in [0.29, 0.717) is 17.0 Å². The Labute approximate surface area is 80.7 Å². The zero-order valence-corrected chi connectivity index (χ0v) is 8.05. The number of isothiocyanates is 1. The molecule has 1 amide bonds. The Hall–Kier alpha value is -1.45. The predicted molar refractivity (Wildman–Crippen MR) is 50.9 cm³/mol. The lowest BCUT2D eigenvalue weighted by Crippen LogP contribution is -2.02. The lowest BCUT2D eigenvalue weighted by atomic mass is 10.2. The van der Waals surface area contributed by atoms with Gasteiger partial charge in [-0.2, -0.15) is 15.2 Å². The summed E-state index contributed by atoms with van der Waals surface area (Å²) in [6.07, 6.45) is 0. The Morgan fingerprint density at radius 3 is 2.85 bits per heavy atom. The van der Waals surface area contributed by atoms with Gasteiger partial charge in [-0.1, -0.05) is 0 Å². The molecule has 0 bridgehead atoms. The highest BCUT2D eigenvalue weighted by atomic mass is 32.1. The summed E-state index contributed by atoms with van der Waals surface area (Å²) in [6.45, 7) is 3.45. The van der Waals surface area contributed by atoms with Gasteiger partial charge in [0.1, 0.15) is 0 Å². The lowest BCUT2D eigenvalue weighted by molar-refractivity contribution is 0.100. The highest BCUT2D eigenvalue weighted by Gasteiger charge is 2.08. The summed E-state index contributed by atoms with van der Waals surface area (Å²) in [5, 5.41) is 9.60. The van der Waals surface area contributed by atoms with E-state index in [1.54, 1.807) is 19.9 Å². The molecule has 13 heavy (non-hydrogen) atoms. The molecule has 66 valence electrons. The van der Waals surface area contributed by atoms with Crippen LogP contribution in [0, 0.1) is 13.8 Å². The van der Waals surface area contributed by atoms with Gasteiger partial charge in [0.15, 0.2) is 0 Å². The Morgan fingerprint density at radius 1 is 1.54 bits per heavy atom. The predicted octanol–water partition coefficient (Wildman–Crippen LogP) is 1.34. The van der Waals surface area contributed by atoms with Crippen molar-refractivity contribution in [2.24, 2.45) is 4.99 Å². The minimum absolute atomic E-state index is 0.421. The first kappa shape index (κ1) is 9.64. The summed E-state index contributed by atoms with van der Waals surface area (Å²) in [6, 6.07) is 1.63. The summed E-state index contributed by atoms with van der Waals surface area (Å²) in [4.78, 5) is 14.6. The molecule has 0 fully saturated rings. The zero-order valence-electron chi connectivity index (χ0n) is 7.24. The molecule has 0 aliphatic heterocycles. The molecule has 5 heteroatoms. The van der Waals surface area contributed by atoms with Crippen LogP contribution in [0.4, 0.5) is 0 Å². The van der Waals surface area contributed by atoms with Crippen LogP contribution in [-0.2, 0) is 0 Å². The number of rotatable bonds is 1. The van der Waals surface area contributed by atoms with E-state index in [1.165, 1.54) is 0 Å². The van der Waals surface area contributed by atoms with Crippen LogP contribution in [0.5, 0.6) is 0 Å². The van der Waals surface area contributed by atoms with E-state index in [1.807, 2.05) is 5.16 Å². The van der Waals surface area contributed by atoms with E-state index in [0.717, 1.165) is 0 Å². The average molecular weight is 193 g/mol. The Balaban J connectivity index is 3.20. The highest BCUT2D eigenvalue weighted by Crippen LogP contribution is 2.06. The van der Waals surface area contributed by atoms with E-state index in [9.17, 15) is 4.79 Å². The molecule has 0 spiro atoms. The molecular weight excluding hydrogens is 186 g/mol. The number of carbonyl (C=O) groups excluding carboxylic acids is 1. The van der Waals surface area contributed by atoms with E-state index >= 15 is 0 Å². The van der Waals surface area contributed by atoms with E-state index < -0.39 is 5.91 Å². The molecule has 1 rings (SSSR count). The maximum atomic E-state index is 11.3. The molecular formula is C8H7N3OS. The molecule has 0 aliphatic carbocycles. The molecule has 0 N–H and O–H groups in total. The number of aromatic nitrogens is 2. The van der Waals surface area contributed by atoms with Crippen LogP contribution in [0.15, 0.2) is 11.1 Å². The Kier molecular flexibility index (Phi) is 2.95. The van der Waals surface area contributed by atoms with Crippen LogP contribution >= 0.6 is 12.2 Å². The second-order valence-electron chi connectivity index (χ2n) is 2.49. The van der Waals surface area contributed by atoms with Crippen LogP contribution in [0.1, 0.15) is 21.7 Å². The van der Waals surface area contributed by atoms with Crippen molar-refractivity contribution in [3.63, 3.8) is 0 Å². The van der Waals surface area contributed by atoms with Crippen LogP contribution in [0.3, 0.4) is 0 Å². The second kappa shape index (κ2) is 3.98. The third kappa shape index (κ3) is 2.24. The number of nitrogens with zero attached hydrogens (tertiary/aromatic N) is 3. The quantitative estimate of drug-likeness (QED) is 0.499. The van der Waals surface area contributed by atoms with Crippen molar-refractivity contribution in [1.82, 2.24) is 10.2 Å². The first-order chi connectivity index (χ1) is 6.15. The molecule has 0 atom stereocenters. The summed E-state index contributed by atoms with van der Waals surface area (Å²) < 4.78 is 0. The van der Waals surface area contributed by atoms with Crippen molar-refractivity contribution < 1.29 is 4.79 Å². The number of amides is 1. The highest BCUT2D eigenvalue weighted by molar-refractivity contribution is 7.78. The summed E-state index contributed by atoms with van der Waals surface area (Å²) in [7, 11) is 0. The number of carbonyl (C=O) groups is 1. The van der Waals surface area contributed by atoms with Crippen LogP contribution in [-0.4, -0.2) is 21.3 Å². The van der Waals surface area contributed by atoms with Gasteiger partial charge in [0.05, 0.1) is 22.1 Å². The molecule has 0 aromatic carbocycles. The van der Waals surface area contributed by atoms with E-state index in [2.05, 4.69) is 27.4 Å². The zero-order chi connectivity index (χ0) is 9.84. The fourth-order valence-corrected chi connectivity index (χ4v) is 0.951. The van der Waals surface area contributed by atoms with Gasteiger partial charge in [-0.15, -0.1) is 0 Å². The topological polar surface area (TPSA) is 55.2 Å². The van der Waals surface area contributed by atoms with Crippen LogP contribution in [0.25, 0.3) is 0 Å². The molecule has 1 heterocycles. The third-order valence-electron chi connectivity index (χ3n) is 1.48. The fourth-order valence-electron chi connectivity index (χ4n) is 0.868.